The van der Waals surface area contributed by atoms with Crippen LogP contribution in [0.2, 0.25) is 0 Å². The minimum Gasteiger partial charge on any atom is -0.0651 e. The van der Waals surface area contributed by atoms with E-state index in [0.29, 0.717) is 0 Å². The van der Waals surface area contributed by atoms with Gasteiger partial charge in [-0.15, -0.1) is 0 Å². The van der Waals surface area contributed by atoms with Crippen LogP contribution in [0.3, 0.4) is 0 Å². The third-order valence-corrected chi connectivity index (χ3v) is 2.55. The van der Waals surface area contributed by atoms with Gasteiger partial charge in [-0.25, -0.2) is 0 Å². The summed E-state index contributed by atoms with van der Waals surface area (Å²) in [5.74, 6) is 1.88. The Morgan fingerprint density at radius 2 is 1.10 bits per heavy atom. The van der Waals surface area contributed by atoms with Crippen LogP contribution in [0.1, 0.15) is 53.4 Å². The highest BCUT2D eigenvalue weighted by Crippen LogP contribution is 2.16. The molecule has 0 aliphatic carbocycles. The summed E-state index contributed by atoms with van der Waals surface area (Å²) in [5.41, 5.74) is 0. The van der Waals surface area contributed by atoms with E-state index in [1.165, 1.54) is 25.7 Å². The van der Waals surface area contributed by atoms with Gasteiger partial charge >= 0.3 is 0 Å². The van der Waals surface area contributed by atoms with Gasteiger partial charge in [0.15, 0.2) is 0 Å². The molecular weight excluding hydrogens is 120 g/mol. The number of hydrogen-bond acceptors (Lipinski definition) is 0. The molecule has 62 valence electrons. The maximum absolute atomic E-state index is 2.35. The summed E-state index contributed by atoms with van der Waals surface area (Å²) in [6.07, 6.45) is 5.53. The molecule has 0 amide bonds. The molecule has 0 nitrogen and oxygen atoms in total. The molecule has 0 heteroatoms. The molecule has 10 heavy (non-hydrogen) atoms. The van der Waals surface area contributed by atoms with Crippen molar-refractivity contribution in [1.82, 2.24) is 0 Å². The van der Waals surface area contributed by atoms with Crippen molar-refractivity contribution in [2.24, 2.45) is 11.8 Å². The van der Waals surface area contributed by atoms with Crippen molar-refractivity contribution in [1.29, 1.82) is 0 Å². The Labute approximate surface area is 66.0 Å². The maximum atomic E-state index is 2.35. The molecule has 2 atom stereocenters. The highest BCUT2D eigenvalue weighted by Gasteiger charge is 2.02. The quantitative estimate of drug-likeness (QED) is 0.547. The predicted molar refractivity (Wildman–Crippen MR) is 48.1 cm³/mol. The fourth-order valence-corrected chi connectivity index (χ4v) is 0.977. The second kappa shape index (κ2) is 5.76. The summed E-state index contributed by atoms with van der Waals surface area (Å²) in [6, 6.07) is 0. The molecule has 0 spiro atoms. The van der Waals surface area contributed by atoms with Gasteiger partial charge in [-0.1, -0.05) is 53.4 Å². The van der Waals surface area contributed by atoms with Crippen LogP contribution in [-0.4, -0.2) is 0 Å². The van der Waals surface area contributed by atoms with E-state index in [0.717, 1.165) is 11.8 Å². The minimum atomic E-state index is 0.939. The van der Waals surface area contributed by atoms with Crippen molar-refractivity contribution in [3.05, 3.63) is 0 Å². The minimum absolute atomic E-state index is 0.939. The van der Waals surface area contributed by atoms with Crippen molar-refractivity contribution < 1.29 is 0 Å². The van der Waals surface area contributed by atoms with E-state index in [4.69, 9.17) is 0 Å². The van der Waals surface area contributed by atoms with Crippen LogP contribution >= 0.6 is 0 Å². The van der Waals surface area contributed by atoms with Crippen molar-refractivity contribution >= 4 is 0 Å². The van der Waals surface area contributed by atoms with Crippen molar-refractivity contribution in [2.75, 3.05) is 0 Å². The monoisotopic (exact) mass is 142 g/mol. The van der Waals surface area contributed by atoms with Crippen LogP contribution in [0.4, 0.5) is 0 Å². The zero-order chi connectivity index (χ0) is 7.98. The fourth-order valence-electron chi connectivity index (χ4n) is 0.977. The Morgan fingerprint density at radius 1 is 0.800 bits per heavy atom. The van der Waals surface area contributed by atoms with Crippen molar-refractivity contribution in [3.8, 4) is 0 Å². The van der Waals surface area contributed by atoms with E-state index in [1.807, 2.05) is 0 Å². The van der Waals surface area contributed by atoms with E-state index < -0.39 is 0 Å². The third-order valence-electron chi connectivity index (χ3n) is 2.55. The van der Waals surface area contributed by atoms with E-state index in [1.54, 1.807) is 0 Å². The lowest BCUT2D eigenvalue weighted by atomic mass is 9.95. The van der Waals surface area contributed by atoms with Crippen LogP contribution in [0.15, 0.2) is 0 Å². The molecule has 0 heterocycles. The van der Waals surface area contributed by atoms with Crippen LogP contribution < -0.4 is 0 Å². The summed E-state index contributed by atoms with van der Waals surface area (Å²) < 4.78 is 0. The normalized spacial score (nSPS) is 16.8. The highest BCUT2D eigenvalue weighted by molar-refractivity contribution is 4.54. The Morgan fingerprint density at radius 3 is 1.30 bits per heavy atom. The first kappa shape index (κ1) is 10.0. The SMILES string of the molecule is CC[C@H](C)CC[C@@H](C)CC. The van der Waals surface area contributed by atoms with Crippen LogP contribution in [0, 0.1) is 11.8 Å². The van der Waals surface area contributed by atoms with Gasteiger partial charge in [-0.3, -0.25) is 0 Å². The Hall–Kier alpha value is 0. The molecule has 0 bridgehead atoms. The fraction of sp³-hybridized carbons (Fsp3) is 1.00. The van der Waals surface area contributed by atoms with Gasteiger partial charge in [0.2, 0.25) is 0 Å². The van der Waals surface area contributed by atoms with Gasteiger partial charge in [-0.05, 0) is 11.8 Å². The number of rotatable bonds is 5. The molecule has 0 aromatic rings. The molecule has 0 unspecified atom stereocenters. The summed E-state index contributed by atoms with van der Waals surface area (Å²) in [5, 5.41) is 0. The Balaban J connectivity index is 3.17. The largest absolute Gasteiger partial charge is 0.0651 e. The summed E-state index contributed by atoms with van der Waals surface area (Å²) in [6.45, 7) is 9.26. The maximum Gasteiger partial charge on any atom is -0.0445 e. The second-order valence-corrected chi connectivity index (χ2v) is 3.60. The van der Waals surface area contributed by atoms with Gasteiger partial charge in [0, 0.05) is 0 Å². The topological polar surface area (TPSA) is 0 Å². The molecule has 0 saturated carbocycles. The zero-order valence-corrected chi connectivity index (χ0v) is 7.98. The van der Waals surface area contributed by atoms with Gasteiger partial charge in [-0.2, -0.15) is 0 Å². The predicted octanol–water partition coefficient (Wildman–Crippen LogP) is 3.86. The van der Waals surface area contributed by atoms with Gasteiger partial charge in [0.05, 0.1) is 0 Å². The lowest BCUT2D eigenvalue weighted by molar-refractivity contribution is 0.415. The summed E-state index contributed by atoms with van der Waals surface area (Å²) >= 11 is 0. The smallest absolute Gasteiger partial charge is 0.0445 e. The molecule has 0 radical (unpaired) electrons. The lowest BCUT2D eigenvalue weighted by Crippen LogP contribution is -1.97. The lowest BCUT2D eigenvalue weighted by Gasteiger charge is -2.11. The van der Waals surface area contributed by atoms with E-state index in [-0.39, 0.29) is 0 Å². The first-order chi connectivity index (χ1) is 4.70. The van der Waals surface area contributed by atoms with Crippen LogP contribution in [0.5, 0.6) is 0 Å². The standard InChI is InChI=1S/C10H22/c1-5-9(3)7-8-10(4)6-2/h9-10H,5-8H2,1-4H3/t9-,10-/m0/s1. The molecule has 0 rings (SSSR count). The molecule has 0 aliphatic rings. The van der Waals surface area contributed by atoms with Gasteiger partial charge in [0.25, 0.3) is 0 Å². The summed E-state index contributed by atoms with van der Waals surface area (Å²) in [7, 11) is 0. The van der Waals surface area contributed by atoms with Gasteiger partial charge in [0.1, 0.15) is 0 Å². The first-order valence-electron chi connectivity index (χ1n) is 4.70. The molecule has 0 fully saturated rings. The van der Waals surface area contributed by atoms with Crippen molar-refractivity contribution in [3.63, 3.8) is 0 Å². The Bertz CT molecular complexity index is 56.4. The van der Waals surface area contributed by atoms with E-state index >= 15 is 0 Å². The Kier molecular flexibility index (Phi) is 5.76. The molecule has 0 aliphatic heterocycles. The molecule has 0 aromatic heterocycles. The molecule has 0 N–H and O–H groups in total. The van der Waals surface area contributed by atoms with Crippen LogP contribution in [0.25, 0.3) is 0 Å². The number of hydrogen-bond donors (Lipinski definition) is 0. The van der Waals surface area contributed by atoms with E-state index in [2.05, 4.69) is 27.7 Å². The van der Waals surface area contributed by atoms with Gasteiger partial charge < -0.3 is 0 Å². The molecular formula is C10H22. The summed E-state index contributed by atoms with van der Waals surface area (Å²) in [4.78, 5) is 0. The zero-order valence-electron chi connectivity index (χ0n) is 7.98. The highest BCUT2D eigenvalue weighted by atomic mass is 14.1. The first-order valence-corrected chi connectivity index (χ1v) is 4.70. The van der Waals surface area contributed by atoms with Crippen molar-refractivity contribution in [2.45, 2.75) is 53.4 Å². The third kappa shape index (κ3) is 4.84. The second-order valence-electron chi connectivity index (χ2n) is 3.60. The molecule has 0 aromatic carbocycles. The molecule has 0 saturated heterocycles. The van der Waals surface area contributed by atoms with E-state index in [9.17, 15) is 0 Å². The van der Waals surface area contributed by atoms with Crippen LogP contribution in [-0.2, 0) is 0 Å². The average molecular weight is 142 g/mol. The average Bonchev–Trinajstić information content (AvgIpc) is 1.99.